The molecule has 12 N–H and O–H groups in total. The highest BCUT2D eigenvalue weighted by molar-refractivity contribution is 5.93. The van der Waals surface area contributed by atoms with Gasteiger partial charge in [-0.15, -0.1) is 0 Å². The van der Waals surface area contributed by atoms with E-state index in [0.29, 0.717) is 19.6 Å². The Balaban J connectivity index is 1.14. The minimum Gasteiger partial charge on any atom is -0.409 e. The van der Waals surface area contributed by atoms with Crippen molar-refractivity contribution in [2.24, 2.45) is 22.6 Å². The Kier molecular flexibility index (Phi) is 29.2. The molecule has 15 heteroatoms. The normalized spacial score (nSPS) is 13.5. The van der Waals surface area contributed by atoms with Crippen LogP contribution >= 0.6 is 0 Å². The minimum atomic E-state index is 0.104. The molecule has 0 bridgehead atoms. The molecule has 6 aromatic rings. The Labute approximate surface area is 480 Å². The number of anilines is 3. The lowest BCUT2D eigenvalue weighted by molar-refractivity contribution is 0.134. The summed E-state index contributed by atoms with van der Waals surface area (Å²) in [6.45, 7) is 13.1. The number of nitrogens with one attached hydrogen (secondary N) is 6. The van der Waals surface area contributed by atoms with Crippen LogP contribution in [0.2, 0.25) is 0 Å². The van der Waals surface area contributed by atoms with Crippen molar-refractivity contribution >= 4 is 49.8 Å². The standard InChI is InChI=1S/C65H102N12O3/c1-5-6-7-8-9-10-11-12-13-14-15-31-65(32-22-41-72-78-56-44-53-28-19-38-69-62(53)59(47-56)75-50(2)25-16-35-66,33-23-42-73-79-57-45-54-29-20-39-70-63(54)60(48-57)76-51(3)26-17-36-67)34-24-43-74-80-58-46-55-30-21-40-71-64(55)61(49-58)77-52(4)27-18-37-68/h19-21,28-30,38-40,44-52,72-77H,5-18,22-27,31-37,41-43,66-68H2,1-4H3. The number of nitrogens with two attached hydrogens (primary N) is 3. The van der Waals surface area contributed by atoms with E-state index >= 15 is 0 Å². The molecule has 0 radical (unpaired) electrons. The molecule has 0 aliphatic carbocycles. The maximum absolute atomic E-state index is 6.34. The van der Waals surface area contributed by atoms with Gasteiger partial charge < -0.3 is 47.7 Å². The smallest absolute Gasteiger partial charge is 0.149 e. The predicted molar refractivity (Wildman–Crippen MR) is 336 cm³/mol. The summed E-state index contributed by atoms with van der Waals surface area (Å²) >= 11 is 0. The molecule has 0 amide bonds. The number of pyridine rings is 3. The number of benzene rings is 3. The molecule has 0 spiro atoms. The van der Waals surface area contributed by atoms with Crippen molar-refractivity contribution in [1.29, 1.82) is 0 Å². The van der Waals surface area contributed by atoms with Crippen LogP contribution in [0.3, 0.4) is 0 Å². The van der Waals surface area contributed by atoms with Crippen molar-refractivity contribution in [3.05, 3.63) is 91.4 Å². The van der Waals surface area contributed by atoms with E-state index in [2.05, 4.69) is 115 Å². The lowest BCUT2D eigenvalue weighted by Crippen LogP contribution is -2.29. The summed E-state index contributed by atoms with van der Waals surface area (Å²) in [5, 5.41) is 14.1. The number of hydrogen-bond donors (Lipinski definition) is 9. The fourth-order valence-electron chi connectivity index (χ4n) is 11.2. The first-order chi connectivity index (χ1) is 39.2. The van der Waals surface area contributed by atoms with E-state index in [1.165, 1.54) is 77.0 Å². The molecule has 440 valence electrons. The Morgan fingerprint density at radius 2 is 0.725 bits per heavy atom. The highest BCUT2D eigenvalue weighted by Gasteiger charge is 2.29. The van der Waals surface area contributed by atoms with Crippen molar-refractivity contribution < 1.29 is 14.5 Å². The van der Waals surface area contributed by atoms with Gasteiger partial charge in [-0.25, -0.2) is 0 Å². The summed E-state index contributed by atoms with van der Waals surface area (Å²) in [5.41, 5.74) is 33.5. The quantitative estimate of drug-likeness (QED) is 0.0128. The summed E-state index contributed by atoms with van der Waals surface area (Å²) in [4.78, 5) is 33.2. The molecule has 80 heavy (non-hydrogen) atoms. The average molecular weight is 1100 g/mol. The molecule has 6 rings (SSSR count). The molecule has 3 aromatic heterocycles. The van der Waals surface area contributed by atoms with Crippen LogP contribution in [0.1, 0.15) is 182 Å². The zero-order valence-electron chi connectivity index (χ0n) is 49.4. The average Bonchev–Trinajstić information content (AvgIpc) is 3.48. The largest absolute Gasteiger partial charge is 0.409 e. The molecule has 3 atom stereocenters. The van der Waals surface area contributed by atoms with Crippen LogP contribution in [0.5, 0.6) is 17.2 Å². The molecule has 0 fully saturated rings. The van der Waals surface area contributed by atoms with Crippen LogP contribution in [-0.2, 0) is 0 Å². The summed E-state index contributed by atoms with van der Waals surface area (Å²) in [6.07, 6.45) is 33.2. The van der Waals surface area contributed by atoms with Gasteiger partial charge in [-0.3, -0.25) is 15.0 Å². The lowest BCUT2D eigenvalue weighted by atomic mass is 9.71. The lowest BCUT2D eigenvalue weighted by Gasteiger charge is -2.35. The first-order valence-corrected chi connectivity index (χ1v) is 31.0. The molecule has 0 aliphatic rings. The molecule has 0 aliphatic heterocycles. The van der Waals surface area contributed by atoms with Crippen LogP contribution in [0.15, 0.2) is 91.4 Å². The first kappa shape index (κ1) is 63.6. The van der Waals surface area contributed by atoms with Crippen molar-refractivity contribution in [3.8, 4) is 17.2 Å². The third-order valence-corrected chi connectivity index (χ3v) is 15.6. The van der Waals surface area contributed by atoms with Gasteiger partial charge in [0, 0.05) is 90.7 Å². The minimum absolute atomic E-state index is 0.104. The van der Waals surface area contributed by atoms with Crippen molar-refractivity contribution in [2.45, 2.75) is 200 Å². The molecular formula is C65H102N12O3. The van der Waals surface area contributed by atoms with Crippen molar-refractivity contribution in [1.82, 2.24) is 31.4 Å². The van der Waals surface area contributed by atoms with E-state index in [-0.39, 0.29) is 23.5 Å². The SMILES string of the molecule is CCCCCCCCCCCCCC(CCCNOc1cc(NC(C)CCCN)c2ncccc2c1)(CCCNOc1cc(NC(C)CCCN)c2ncccc2c1)CCCNOc1cc(NC(C)CCCN)c2ncccc2c1. The Morgan fingerprint density at radius 3 is 1.05 bits per heavy atom. The van der Waals surface area contributed by atoms with Gasteiger partial charge in [0.05, 0.1) is 33.6 Å². The number of unbranched alkanes of at least 4 members (excludes halogenated alkanes) is 10. The van der Waals surface area contributed by atoms with Gasteiger partial charge >= 0.3 is 0 Å². The fourth-order valence-corrected chi connectivity index (χ4v) is 11.2. The van der Waals surface area contributed by atoms with Crippen molar-refractivity contribution in [2.75, 3.05) is 55.2 Å². The molecule has 3 unspecified atom stereocenters. The van der Waals surface area contributed by atoms with Gasteiger partial charge in [0.2, 0.25) is 0 Å². The molecule has 0 saturated carbocycles. The van der Waals surface area contributed by atoms with Gasteiger partial charge in [-0.1, -0.05) is 95.8 Å². The number of hydroxylamine groups is 3. The molecular weight excluding hydrogens is 997 g/mol. The Morgan fingerprint density at radius 1 is 0.412 bits per heavy atom. The van der Waals surface area contributed by atoms with Gasteiger partial charge in [0.1, 0.15) is 17.2 Å². The predicted octanol–water partition coefficient (Wildman–Crippen LogP) is 14.0. The number of nitrogens with zero attached hydrogens (tertiary/aromatic N) is 3. The van der Waals surface area contributed by atoms with Gasteiger partial charge in [0.25, 0.3) is 0 Å². The summed E-state index contributed by atoms with van der Waals surface area (Å²) in [6, 6.07) is 25.4. The maximum atomic E-state index is 6.34. The second-order valence-electron chi connectivity index (χ2n) is 22.7. The molecule has 0 saturated heterocycles. The third kappa shape index (κ3) is 22.4. The monoisotopic (exact) mass is 1100 g/mol. The Hall–Kier alpha value is -5.55. The van der Waals surface area contributed by atoms with E-state index in [0.717, 1.165) is 164 Å². The number of hydrogen-bond acceptors (Lipinski definition) is 15. The van der Waals surface area contributed by atoms with Crippen LogP contribution in [0.25, 0.3) is 32.7 Å². The van der Waals surface area contributed by atoms with Crippen LogP contribution in [0.4, 0.5) is 17.1 Å². The molecule has 3 heterocycles. The highest BCUT2D eigenvalue weighted by Crippen LogP contribution is 2.41. The van der Waals surface area contributed by atoms with Crippen LogP contribution in [-0.4, -0.2) is 72.3 Å². The van der Waals surface area contributed by atoms with E-state index in [4.69, 9.17) is 46.7 Å². The number of fused-ring (bicyclic) bond motifs is 3. The zero-order chi connectivity index (χ0) is 56.5. The highest BCUT2D eigenvalue weighted by atomic mass is 16.7. The van der Waals surface area contributed by atoms with E-state index in [1.54, 1.807) is 0 Å². The van der Waals surface area contributed by atoms with Crippen LogP contribution < -0.4 is 64.1 Å². The summed E-state index contributed by atoms with van der Waals surface area (Å²) < 4.78 is 0. The van der Waals surface area contributed by atoms with Crippen LogP contribution in [0, 0.1) is 5.41 Å². The topological polar surface area (TPSA) is 217 Å². The Bertz CT molecular complexity index is 2380. The van der Waals surface area contributed by atoms with E-state index in [9.17, 15) is 0 Å². The number of aromatic nitrogens is 3. The second kappa shape index (κ2) is 36.7. The second-order valence-corrected chi connectivity index (χ2v) is 22.7. The van der Waals surface area contributed by atoms with Gasteiger partial charge in [0.15, 0.2) is 0 Å². The summed E-state index contributed by atoms with van der Waals surface area (Å²) in [5.74, 6) is 2.30. The fraction of sp³-hybridized carbons (Fsp3) is 0.585. The van der Waals surface area contributed by atoms with Gasteiger partial charge in [-0.05, 0) is 166 Å². The number of rotatable bonds is 45. The van der Waals surface area contributed by atoms with E-state index < -0.39 is 0 Å². The maximum Gasteiger partial charge on any atom is 0.149 e. The van der Waals surface area contributed by atoms with Crippen molar-refractivity contribution in [3.63, 3.8) is 0 Å². The van der Waals surface area contributed by atoms with E-state index in [1.807, 2.05) is 36.8 Å². The molecule has 15 nitrogen and oxygen atoms in total. The third-order valence-electron chi connectivity index (χ3n) is 15.6. The molecule has 3 aromatic carbocycles. The zero-order valence-corrected chi connectivity index (χ0v) is 49.4. The van der Waals surface area contributed by atoms with Gasteiger partial charge in [-0.2, -0.15) is 16.4 Å². The summed E-state index contributed by atoms with van der Waals surface area (Å²) in [7, 11) is 0. The first-order valence-electron chi connectivity index (χ1n) is 31.0.